The molecule has 1 aliphatic rings. The van der Waals surface area contributed by atoms with Crippen LogP contribution in [-0.4, -0.2) is 8.30 Å². The van der Waals surface area contributed by atoms with Gasteiger partial charge in [-0.25, -0.2) is 0 Å². The van der Waals surface area contributed by atoms with E-state index in [0.717, 1.165) is 0 Å². The molecule has 1 unspecified atom stereocenters. The van der Waals surface area contributed by atoms with E-state index in [1.54, 1.807) is 19.4 Å². The Bertz CT molecular complexity index is 432. The van der Waals surface area contributed by atoms with Gasteiger partial charge in [0.1, 0.15) is 0 Å². The van der Waals surface area contributed by atoms with Crippen LogP contribution in [-0.2, 0) is 38.7 Å². The summed E-state index contributed by atoms with van der Waals surface area (Å²) in [6.45, 7) is 20.2. The van der Waals surface area contributed by atoms with Crippen LogP contribution >= 0.6 is 0 Å². The van der Waals surface area contributed by atoms with Crippen molar-refractivity contribution in [3.05, 3.63) is 23.8 Å². The van der Waals surface area contributed by atoms with E-state index in [0.29, 0.717) is 16.7 Å². The second kappa shape index (κ2) is 7.92. The van der Waals surface area contributed by atoms with Crippen molar-refractivity contribution in [2.24, 2.45) is 22.2 Å². The molecule has 0 bridgehead atoms. The van der Waals surface area contributed by atoms with Crippen LogP contribution in [0.15, 0.2) is 17.7 Å². The molecule has 0 N–H and O–H groups in total. The van der Waals surface area contributed by atoms with Crippen LogP contribution in [0.4, 0.5) is 0 Å². The SMILES string of the molecule is CC(C)(C)[C-]=[W].CC(C)(C)[C](=[W])C1=CC(C(C)(C)C)C=[C-]1. The van der Waals surface area contributed by atoms with Crippen LogP contribution in [0.1, 0.15) is 62.3 Å². The summed E-state index contributed by atoms with van der Waals surface area (Å²) in [7, 11) is 0. The van der Waals surface area contributed by atoms with Crippen molar-refractivity contribution in [1.82, 2.24) is 0 Å². The molecular weight excluding hydrogens is 596 g/mol. The average Bonchev–Trinajstić information content (AvgIpc) is 2.75. The summed E-state index contributed by atoms with van der Waals surface area (Å²) in [5.41, 5.74) is 2.28. The van der Waals surface area contributed by atoms with Crippen molar-refractivity contribution in [2.45, 2.75) is 62.3 Å². The number of hydrogen-bond acceptors (Lipinski definition) is 0. The summed E-state index contributed by atoms with van der Waals surface area (Å²) in [6.07, 6.45) is 8.05. The van der Waals surface area contributed by atoms with Crippen LogP contribution in [0.5, 0.6) is 0 Å². The molecule has 0 saturated carbocycles. The Kier molecular flexibility index (Phi) is 8.15. The minimum absolute atomic E-state index is 0.286. The van der Waals surface area contributed by atoms with E-state index >= 15 is 0 Å². The molecule has 0 aliphatic heterocycles. The zero-order valence-corrected chi connectivity index (χ0v) is 20.9. The second-order valence-corrected chi connectivity index (χ2v) is 10.9. The Labute approximate surface area is 154 Å². The molecule has 0 spiro atoms. The molecule has 0 radical (unpaired) electrons. The van der Waals surface area contributed by atoms with Crippen molar-refractivity contribution in [3.8, 4) is 0 Å². The summed E-state index contributed by atoms with van der Waals surface area (Å²) in [6, 6.07) is 0. The molecule has 1 atom stereocenters. The van der Waals surface area contributed by atoms with E-state index in [9.17, 15) is 0 Å². The molecule has 0 aromatic heterocycles. The van der Waals surface area contributed by atoms with Crippen LogP contribution < -0.4 is 0 Å². The van der Waals surface area contributed by atoms with E-state index < -0.39 is 0 Å². The molecule has 0 fully saturated rings. The fourth-order valence-electron chi connectivity index (χ4n) is 1.50. The molecule has 1 aliphatic carbocycles. The molecule has 0 aromatic carbocycles. The molecule has 0 heterocycles. The summed E-state index contributed by atoms with van der Waals surface area (Å²) in [4.78, 5) is 0. The number of rotatable bonds is 1. The normalized spacial score (nSPS) is 18.7. The van der Waals surface area contributed by atoms with Gasteiger partial charge >= 0.3 is 155 Å². The Morgan fingerprint density at radius 1 is 1.05 bits per heavy atom. The van der Waals surface area contributed by atoms with Crippen LogP contribution in [0.2, 0.25) is 0 Å². The van der Waals surface area contributed by atoms with Crippen molar-refractivity contribution < 1.29 is 38.7 Å². The van der Waals surface area contributed by atoms with Crippen LogP contribution in [0, 0.1) is 28.2 Å². The van der Waals surface area contributed by atoms with Crippen molar-refractivity contribution in [3.63, 3.8) is 0 Å². The third-order valence-corrected chi connectivity index (χ3v) is 8.19. The molecule has 21 heavy (non-hydrogen) atoms. The topological polar surface area (TPSA) is 0 Å². The molecular formula is C19H30W2-2. The van der Waals surface area contributed by atoms with Crippen LogP contribution in [0.3, 0.4) is 0 Å². The molecule has 0 amide bonds. The first kappa shape index (κ1) is 21.6. The van der Waals surface area contributed by atoms with E-state index in [1.807, 2.05) is 0 Å². The van der Waals surface area contributed by atoms with Crippen molar-refractivity contribution in [1.29, 1.82) is 0 Å². The van der Waals surface area contributed by atoms with Gasteiger partial charge < -0.3 is 0 Å². The maximum absolute atomic E-state index is 3.44. The predicted octanol–water partition coefficient (Wildman–Crippen LogP) is 4.97. The summed E-state index contributed by atoms with van der Waals surface area (Å²) >= 11 is 3.01. The third kappa shape index (κ3) is 8.71. The van der Waals surface area contributed by atoms with Crippen LogP contribution in [0.25, 0.3) is 0 Å². The summed E-state index contributed by atoms with van der Waals surface area (Å²) < 4.78 is 4.71. The Morgan fingerprint density at radius 3 is 1.71 bits per heavy atom. The predicted molar refractivity (Wildman–Crippen MR) is 87.8 cm³/mol. The van der Waals surface area contributed by atoms with Gasteiger partial charge in [-0.05, 0) is 0 Å². The standard InChI is InChI=1S/C14H21.C5H9.2W/c1-13(2,3)10-11-7-8-12(9-11)14(4,5)6;1-5(2,3)4;;/h8-9,12H,1-6H3;1-3H3;;/q2*-1;;. The number of hydrogen-bond donors (Lipinski definition) is 0. The second-order valence-electron chi connectivity index (χ2n) is 8.71. The summed E-state index contributed by atoms with van der Waals surface area (Å²) in [5, 5.41) is 0. The first-order valence-electron chi connectivity index (χ1n) is 7.44. The Hall–Kier alpha value is 0.597. The fourth-order valence-corrected chi connectivity index (χ4v) is 1.96. The first-order valence-corrected chi connectivity index (χ1v) is 10.4. The van der Waals surface area contributed by atoms with Gasteiger partial charge in [0.15, 0.2) is 0 Å². The van der Waals surface area contributed by atoms with Gasteiger partial charge in [0.2, 0.25) is 0 Å². The van der Waals surface area contributed by atoms with Crippen molar-refractivity contribution >= 4 is 8.30 Å². The van der Waals surface area contributed by atoms with E-state index in [-0.39, 0.29) is 5.41 Å². The first-order chi connectivity index (χ1) is 9.18. The molecule has 0 saturated heterocycles. The third-order valence-electron chi connectivity index (χ3n) is 3.00. The summed E-state index contributed by atoms with van der Waals surface area (Å²) in [5.74, 6) is 0.546. The minimum atomic E-state index is 0.286. The van der Waals surface area contributed by atoms with Gasteiger partial charge in [-0.15, -0.1) is 0 Å². The zero-order chi connectivity index (χ0) is 17.1. The average molecular weight is 626 g/mol. The maximum atomic E-state index is 3.44. The van der Waals surface area contributed by atoms with Gasteiger partial charge in [0.25, 0.3) is 0 Å². The monoisotopic (exact) mass is 626 g/mol. The molecule has 0 nitrogen and oxygen atoms in total. The quantitative estimate of drug-likeness (QED) is 0.361. The van der Waals surface area contributed by atoms with Gasteiger partial charge in [-0.2, -0.15) is 0 Å². The molecule has 1 rings (SSSR count). The molecule has 2 heteroatoms. The van der Waals surface area contributed by atoms with Crippen molar-refractivity contribution in [2.75, 3.05) is 0 Å². The van der Waals surface area contributed by atoms with E-state index in [1.165, 1.54) is 28.8 Å². The Balaban J connectivity index is 0.000000567. The zero-order valence-electron chi connectivity index (χ0n) is 15.0. The van der Waals surface area contributed by atoms with Gasteiger partial charge in [0.05, 0.1) is 0 Å². The molecule has 0 aromatic rings. The van der Waals surface area contributed by atoms with Gasteiger partial charge in [0, 0.05) is 0 Å². The molecule has 120 valence electrons. The van der Waals surface area contributed by atoms with E-state index in [2.05, 4.69) is 84.9 Å². The Morgan fingerprint density at radius 2 is 1.48 bits per heavy atom. The fraction of sp³-hybridized carbons (Fsp3) is 0.684. The number of allylic oxidation sites excluding steroid dienone is 4. The van der Waals surface area contributed by atoms with Gasteiger partial charge in [-0.1, -0.05) is 0 Å². The van der Waals surface area contributed by atoms with Gasteiger partial charge in [-0.3, -0.25) is 0 Å². The van der Waals surface area contributed by atoms with E-state index in [4.69, 9.17) is 0 Å².